The van der Waals surface area contributed by atoms with Crippen LogP contribution < -0.4 is 0 Å². The third-order valence-corrected chi connectivity index (χ3v) is 3.41. The average molecular weight is 268 g/mol. The number of hydrogen-bond acceptors (Lipinski definition) is 2. The van der Waals surface area contributed by atoms with Gasteiger partial charge in [-0.3, -0.25) is 4.79 Å². The topological polar surface area (TPSA) is 57.6 Å². The number of nitrogens with zero attached hydrogens (tertiary/aromatic N) is 1. The minimum Gasteiger partial charge on any atom is -0.465 e. The van der Waals surface area contributed by atoms with E-state index in [1.54, 1.807) is 12.1 Å². The zero-order chi connectivity index (χ0) is 13.1. The van der Waals surface area contributed by atoms with E-state index in [4.69, 9.17) is 16.7 Å². The molecule has 0 unspecified atom stereocenters. The highest BCUT2D eigenvalue weighted by atomic mass is 35.5. The quantitative estimate of drug-likeness (QED) is 0.835. The first kappa shape index (κ1) is 12.9. The van der Waals surface area contributed by atoms with E-state index < -0.39 is 6.09 Å². The summed E-state index contributed by atoms with van der Waals surface area (Å²) < 4.78 is 0. The van der Waals surface area contributed by atoms with Gasteiger partial charge >= 0.3 is 6.09 Å². The third kappa shape index (κ3) is 3.01. The molecule has 96 valence electrons. The van der Waals surface area contributed by atoms with Crippen LogP contribution in [0.2, 0.25) is 5.02 Å². The van der Waals surface area contributed by atoms with Crippen molar-refractivity contribution in [3.8, 4) is 0 Å². The lowest BCUT2D eigenvalue weighted by Crippen LogP contribution is -2.33. The molecule has 18 heavy (non-hydrogen) atoms. The lowest BCUT2D eigenvalue weighted by molar-refractivity contribution is 0.112. The van der Waals surface area contributed by atoms with Crippen molar-refractivity contribution in [3.63, 3.8) is 0 Å². The van der Waals surface area contributed by atoms with Crippen LogP contribution in [0.15, 0.2) is 18.2 Å². The van der Waals surface area contributed by atoms with Gasteiger partial charge in [0, 0.05) is 18.2 Å². The van der Waals surface area contributed by atoms with Crippen LogP contribution in [0.4, 0.5) is 4.79 Å². The molecule has 1 fully saturated rings. The summed E-state index contributed by atoms with van der Waals surface area (Å²) in [4.78, 5) is 23.3. The van der Waals surface area contributed by atoms with Gasteiger partial charge in [-0.15, -0.1) is 0 Å². The number of amides is 1. The molecule has 0 aliphatic heterocycles. The first-order valence-electron chi connectivity index (χ1n) is 5.85. The standard InChI is InChI=1S/C13H14ClNO3/c14-12-4-1-9(7-10(12)8-16)5-6-15(13(17)18)11-2-3-11/h1,4,7-8,11H,2-3,5-6H2,(H,17,18). The molecule has 2 rings (SSSR count). The second-order valence-electron chi connectivity index (χ2n) is 4.43. The molecular weight excluding hydrogens is 254 g/mol. The summed E-state index contributed by atoms with van der Waals surface area (Å²) in [7, 11) is 0. The monoisotopic (exact) mass is 267 g/mol. The maximum atomic E-state index is 11.0. The summed E-state index contributed by atoms with van der Waals surface area (Å²) >= 11 is 5.83. The summed E-state index contributed by atoms with van der Waals surface area (Å²) in [6.07, 6.45) is 2.34. The highest BCUT2D eigenvalue weighted by molar-refractivity contribution is 6.32. The number of aldehydes is 1. The van der Waals surface area contributed by atoms with Gasteiger partial charge in [0.15, 0.2) is 6.29 Å². The zero-order valence-corrected chi connectivity index (χ0v) is 10.6. The minimum absolute atomic E-state index is 0.181. The molecule has 0 saturated heterocycles. The number of halogens is 1. The molecule has 1 amide bonds. The summed E-state index contributed by atoms with van der Waals surface area (Å²) in [5.74, 6) is 0. The normalized spacial score (nSPS) is 14.3. The van der Waals surface area contributed by atoms with Gasteiger partial charge in [0.1, 0.15) is 0 Å². The zero-order valence-electron chi connectivity index (χ0n) is 9.80. The number of carbonyl (C=O) groups excluding carboxylic acids is 1. The summed E-state index contributed by atoms with van der Waals surface area (Å²) in [5, 5.41) is 9.48. The minimum atomic E-state index is -0.873. The molecule has 1 aromatic carbocycles. The van der Waals surface area contributed by atoms with Crippen molar-refractivity contribution < 1.29 is 14.7 Å². The van der Waals surface area contributed by atoms with Gasteiger partial charge < -0.3 is 10.0 Å². The fourth-order valence-corrected chi connectivity index (χ4v) is 2.07. The molecule has 1 N–H and O–H groups in total. The Morgan fingerprint density at radius 2 is 2.22 bits per heavy atom. The first-order chi connectivity index (χ1) is 8.61. The second-order valence-corrected chi connectivity index (χ2v) is 4.84. The summed E-state index contributed by atoms with van der Waals surface area (Å²) in [6, 6.07) is 5.38. The number of carboxylic acid groups (broad SMARTS) is 1. The Morgan fingerprint density at radius 1 is 1.50 bits per heavy atom. The van der Waals surface area contributed by atoms with Crippen molar-refractivity contribution >= 4 is 24.0 Å². The van der Waals surface area contributed by atoms with Crippen molar-refractivity contribution in [3.05, 3.63) is 34.3 Å². The van der Waals surface area contributed by atoms with Crippen LogP contribution in [0.25, 0.3) is 0 Å². The van der Waals surface area contributed by atoms with Crippen molar-refractivity contribution in [2.24, 2.45) is 0 Å². The van der Waals surface area contributed by atoms with Crippen molar-refractivity contribution in [1.29, 1.82) is 0 Å². The smallest absolute Gasteiger partial charge is 0.407 e. The third-order valence-electron chi connectivity index (χ3n) is 3.06. The van der Waals surface area contributed by atoms with Crippen LogP contribution >= 0.6 is 11.6 Å². The molecule has 5 heteroatoms. The molecule has 0 atom stereocenters. The number of carbonyl (C=O) groups is 2. The second kappa shape index (κ2) is 5.40. The first-order valence-corrected chi connectivity index (χ1v) is 6.23. The van der Waals surface area contributed by atoms with E-state index in [-0.39, 0.29) is 6.04 Å². The van der Waals surface area contributed by atoms with Crippen molar-refractivity contribution in [1.82, 2.24) is 4.90 Å². The molecule has 1 aliphatic carbocycles. The SMILES string of the molecule is O=Cc1cc(CCN(C(=O)O)C2CC2)ccc1Cl. The van der Waals surface area contributed by atoms with E-state index in [1.807, 2.05) is 6.07 Å². The van der Waals surface area contributed by atoms with Gasteiger partial charge in [-0.05, 0) is 37.0 Å². The van der Waals surface area contributed by atoms with E-state index in [0.29, 0.717) is 29.8 Å². The molecule has 0 heterocycles. The van der Waals surface area contributed by atoms with Gasteiger partial charge in [-0.2, -0.15) is 0 Å². The van der Waals surface area contributed by atoms with Crippen LogP contribution in [-0.2, 0) is 6.42 Å². The van der Waals surface area contributed by atoms with Crippen molar-refractivity contribution in [2.45, 2.75) is 25.3 Å². The molecule has 1 aliphatic rings. The van der Waals surface area contributed by atoms with Gasteiger partial charge in [-0.25, -0.2) is 4.79 Å². The van der Waals surface area contributed by atoms with Gasteiger partial charge in [-0.1, -0.05) is 17.7 Å². The van der Waals surface area contributed by atoms with E-state index in [2.05, 4.69) is 0 Å². The Hall–Kier alpha value is -1.55. The Morgan fingerprint density at radius 3 is 2.78 bits per heavy atom. The molecule has 0 spiro atoms. The molecule has 0 bridgehead atoms. The van der Waals surface area contributed by atoms with Crippen LogP contribution in [0.1, 0.15) is 28.8 Å². The molecular formula is C13H14ClNO3. The fourth-order valence-electron chi connectivity index (χ4n) is 1.91. The van der Waals surface area contributed by atoms with E-state index in [0.717, 1.165) is 18.4 Å². The van der Waals surface area contributed by atoms with Crippen LogP contribution in [0, 0.1) is 0 Å². The summed E-state index contributed by atoms with van der Waals surface area (Å²) in [6.45, 7) is 0.458. The van der Waals surface area contributed by atoms with Gasteiger partial charge in [0.2, 0.25) is 0 Å². The molecule has 4 nitrogen and oxygen atoms in total. The Labute approximate surface area is 110 Å². The van der Waals surface area contributed by atoms with Gasteiger partial charge in [0.25, 0.3) is 0 Å². The molecule has 1 saturated carbocycles. The average Bonchev–Trinajstić information content (AvgIpc) is 3.15. The highest BCUT2D eigenvalue weighted by Gasteiger charge is 2.31. The molecule has 0 aromatic heterocycles. The highest BCUT2D eigenvalue weighted by Crippen LogP contribution is 2.27. The van der Waals surface area contributed by atoms with E-state index in [1.165, 1.54) is 4.90 Å². The number of hydrogen-bond donors (Lipinski definition) is 1. The van der Waals surface area contributed by atoms with E-state index >= 15 is 0 Å². The Balaban J connectivity index is 2.00. The van der Waals surface area contributed by atoms with Gasteiger partial charge in [0.05, 0.1) is 5.02 Å². The predicted molar refractivity (Wildman–Crippen MR) is 68.3 cm³/mol. The predicted octanol–water partition coefficient (Wildman–Crippen LogP) is 2.84. The van der Waals surface area contributed by atoms with Crippen LogP contribution in [0.5, 0.6) is 0 Å². The largest absolute Gasteiger partial charge is 0.465 e. The van der Waals surface area contributed by atoms with E-state index in [9.17, 15) is 9.59 Å². The summed E-state index contributed by atoms with van der Waals surface area (Å²) in [5.41, 5.74) is 1.37. The maximum Gasteiger partial charge on any atom is 0.407 e. The van der Waals surface area contributed by atoms with Crippen LogP contribution in [-0.4, -0.2) is 35.0 Å². The Bertz CT molecular complexity index is 471. The molecule has 1 aromatic rings. The number of rotatable bonds is 5. The van der Waals surface area contributed by atoms with Crippen molar-refractivity contribution in [2.75, 3.05) is 6.54 Å². The van der Waals surface area contributed by atoms with Crippen LogP contribution in [0.3, 0.4) is 0 Å². The lowest BCUT2D eigenvalue weighted by atomic mass is 10.1. The maximum absolute atomic E-state index is 11.0. The molecule has 0 radical (unpaired) electrons. The Kier molecular flexibility index (Phi) is 3.87. The lowest BCUT2D eigenvalue weighted by Gasteiger charge is -2.18. The fraction of sp³-hybridized carbons (Fsp3) is 0.385. The number of benzene rings is 1.